The molecular weight excluding hydrogens is 330 g/mol. The molecule has 1 unspecified atom stereocenters. The van der Waals surface area contributed by atoms with Crippen LogP contribution in [0.1, 0.15) is 45.2 Å². The highest BCUT2D eigenvalue weighted by Gasteiger charge is 2.32. The predicted octanol–water partition coefficient (Wildman–Crippen LogP) is 3.11. The Morgan fingerprint density at radius 2 is 1.88 bits per heavy atom. The SMILES string of the molecule is CCOC(=O)C1=C(C)NC(=O)NC1c1ccc(N2CCC(C)CC2)cc1. The van der Waals surface area contributed by atoms with Crippen molar-refractivity contribution in [2.24, 2.45) is 5.92 Å². The lowest BCUT2D eigenvalue weighted by atomic mass is 9.94. The van der Waals surface area contributed by atoms with Gasteiger partial charge in [0.2, 0.25) is 0 Å². The van der Waals surface area contributed by atoms with Crippen LogP contribution in [0.2, 0.25) is 0 Å². The average Bonchev–Trinajstić information content (AvgIpc) is 2.62. The predicted molar refractivity (Wildman–Crippen MR) is 101 cm³/mol. The molecule has 2 aliphatic heterocycles. The molecule has 0 saturated carbocycles. The maximum Gasteiger partial charge on any atom is 0.338 e. The Balaban J connectivity index is 1.83. The van der Waals surface area contributed by atoms with Gasteiger partial charge in [-0.05, 0) is 50.3 Å². The summed E-state index contributed by atoms with van der Waals surface area (Å²) in [5.41, 5.74) is 3.04. The smallest absolute Gasteiger partial charge is 0.338 e. The van der Waals surface area contributed by atoms with Gasteiger partial charge in [-0.25, -0.2) is 9.59 Å². The number of urea groups is 1. The van der Waals surface area contributed by atoms with E-state index in [0.29, 0.717) is 17.9 Å². The van der Waals surface area contributed by atoms with Crippen molar-refractivity contribution in [1.82, 2.24) is 10.6 Å². The lowest BCUT2D eigenvalue weighted by Crippen LogP contribution is -2.45. The summed E-state index contributed by atoms with van der Waals surface area (Å²) < 4.78 is 5.17. The van der Waals surface area contributed by atoms with Gasteiger partial charge in [0.25, 0.3) is 0 Å². The van der Waals surface area contributed by atoms with Crippen LogP contribution in [0.25, 0.3) is 0 Å². The minimum Gasteiger partial charge on any atom is -0.463 e. The van der Waals surface area contributed by atoms with E-state index in [9.17, 15) is 9.59 Å². The lowest BCUT2D eigenvalue weighted by molar-refractivity contribution is -0.139. The first kappa shape index (κ1) is 18.3. The molecule has 2 heterocycles. The van der Waals surface area contributed by atoms with E-state index in [1.165, 1.54) is 18.5 Å². The van der Waals surface area contributed by atoms with E-state index in [1.54, 1.807) is 13.8 Å². The summed E-state index contributed by atoms with van der Waals surface area (Å²) >= 11 is 0. The highest BCUT2D eigenvalue weighted by Crippen LogP contribution is 2.30. The van der Waals surface area contributed by atoms with E-state index in [2.05, 4.69) is 34.6 Å². The van der Waals surface area contributed by atoms with E-state index >= 15 is 0 Å². The Hall–Kier alpha value is -2.50. The van der Waals surface area contributed by atoms with Gasteiger partial charge in [0.1, 0.15) is 0 Å². The second-order valence-corrected chi connectivity index (χ2v) is 7.05. The standard InChI is InChI=1S/C20H27N3O3/c1-4-26-19(24)17-14(3)21-20(25)22-18(17)15-5-7-16(8-6-15)23-11-9-13(2)10-12-23/h5-8,13,18H,4,9-12H2,1-3H3,(H2,21,22,25). The Morgan fingerprint density at radius 3 is 2.50 bits per heavy atom. The molecule has 1 saturated heterocycles. The number of carbonyl (C=O) groups is 2. The number of piperidine rings is 1. The van der Waals surface area contributed by atoms with Crippen molar-refractivity contribution < 1.29 is 14.3 Å². The van der Waals surface area contributed by atoms with Crippen molar-refractivity contribution in [1.29, 1.82) is 0 Å². The fourth-order valence-corrected chi connectivity index (χ4v) is 3.57. The van der Waals surface area contributed by atoms with Crippen molar-refractivity contribution in [3.8, 4) is 0 Å². The van der Waals surface area contributed by atoms with Crippen LogP contribution in [0.15, 0.2) is 35.5 Å². The van der Waals surface area contributed by atoms with E-state index < -0.39 is 12.0 Å². The van der Waals surface area contributed by atoms with Gasteiger partial charge >= 0.3 is 12.0 Å². The minimum absolute atomic E-state index is 0.294. The summed E-state index contributed by atoms with van der Waals surface area (Å²) in [5.74, 6) is 0.382. The van der Waals surface area contributed by atoms with Crippen LogP contribution < -0.4 is 15.5 Å². The molecule has 3 rings (SSSR count). The van der Waals surface area contributed by atoms with Gasteiger partial charge in [-0.15, -0.1) is 0 Å². The summed E-state index contributed by atoms with van der Waals surface area (Å²) in [5, 5.41) is 5.49. The zero-order valence-electron chi connectivity index (χ0n) is 15.7. The third-order valence-corrected chi connectivity index (χ3v) is 5.14. The summed E-state index contributed by atoms with van der Waals surface area (Å²) in [6, 6.07) is 7.29. The summed E-state index contributed by atoms with van der Waals surface area (Å²) in [7, 11) is 0. The van der Waals surface area contributed by atoms with Crippen molar-refractivity contribution in [3.63, 3.8) is 0 Å². The number of allylic oxidation sites excluding steroid dienone is 1. The molecule has 6 heteroatoms. The third-order valence-electron chi connectivity index (χ3n) is 5.14. The molecule has 1 fully saturated rings. The Kier molecular flexibility index (Phi) is 5.49. The molecular formula is C20H27N3O3. The monoisotopic (exact) mass is 357 g/mol. The molecule has 0 bridgehead atoms. The second-order valence-electron chi connectivity index (χ2n) is 7.05. The van der Waals surface area contributed by atoms with Crippen LogP contribution in [0.4, 0.5) is 10.5 Å². The molecule has 1 aromatic rings. The van der Waals surface area contributed by atoms with Gasteiger partial charge in [0, 0.05) is 24.5 Å². The van der Waals surface area contributed by atoms with Crippen molar-refractivity contribution in [2.75, 3.05) is 24.6 Å². The van der Waals surface area contributed by atoms with Gasteiger partial charge in [-0.3, -0.25) is 0 Å². The molecule has 2 aliphatic rings. The molecule has 6 nitrogen and oxygen atoms in total. The van der Waals surface area contributed by atoms with Crippen molar-refractivity contribution in [3.05, 3.63) is 41.1 Å². The quantitative estimate of drug-likeness (QED) is 0.813. The first-order valence-corrected chi connectivity index (χ1v) is 9.30. The number of hydrogen-bond donors (Lipinski definition) is 2. The average molecular weight is 357 g/mol. The first-order chi connectivity index (χ1) is 12.5. The second kappa shape index (κ2) is 7.81. The minimum atomic E-state index is -0.502. The van der Waals surface area contributed by atoms with E-state index in [4.69, 9.17) is 4.74 Å². The van der Waals surface area contributed by atoms with E-state index in [0.717, 1.165) is 24.6 Å². The van der Waals surface area contributed by atoms with Crippen molar-refractivity contribution in [2.45, 2.75) is 39.7 Å². The number of carbonyl (C=O) groups excluding carboxylic acids is 2. The topological polar surface area (TPSA) is 70.7 Å². The fraction of sp³-hybridized carbons (Fsp3) is 0.500. The molecule has 1 atom stereocenters. The lowest BCUT2D eigenvalue weighted by Gasteiger charge is -2.32. The van der Waals surface area contributed by atoms with E-state index in [1.807, 2.05) is 12.1 Å². The number of nitrogens with zero attached hydrogens (tertiary/aromatic N) is 1. The number of hydrogen-bond acceptors (Lipinski definition) is 4. The molecule has 140 valence electrons. The van der Waals surface area contributed by atoms with Gasteiger partial charge in [-0.1, -0.05) is 19.1 Å². The van der Waals surface area contributed by atoms with Gasteiger partial charge < -0.3 is 20.3 Å². The van der Waals surface area contributed by atoms with Crippen LogP contribution in [0.5, 0.6) is 0 Å². The first-order valence-electron chi connectivity index (χ1n) is 9.30. The maximum atomic E-state index is 12.4. The van der Waals surface area contributed by atoms with Crippen LogP contribution >= 0.6 is 0 Å². The van der Waals surface area contributed by atoms with Crippen LogP contribution in [0.3, 0.4) is 0 Å². The molecule has 2 amide bonds. The number of esters is 1. The Labute approximate surface area is 154 Å². The highest BCUT2D eigenvalue weighted by atomic mass is 16.5. The van der Waals surface area contributed by atoms with Crippen LogP contribution in [0, 0.1) is 5.92 Å². The highest BCUT2D eigenvalue weighted by molar-refractivity contribution is 5.95. The fourth-order valence-electron chi connectivity index (χ4n) is 3.57. The molecule has 2 N–H and O–H groups in total. The molecule has 0 aromatic heterocycles. The van der Waals surface area contributed by atoms with Gasteiger partial charge in [0.15, 0.2) is 0 Å². The molecule has 0 radical (unpaired) electrons. The van der Waals surface area contributed by atoms with E-state index in [-0.39, 0.29) is 6.03 Å². The summed E-state index contributed by atoms with van der Waals surface area (Å²) in [6.45, 7) is 8.22. The third kappa shape index (κ3) is 3.84. The summed E-state index contributed by atoms with van der Waals surface area (Å²) in [6.07, 6.45) is 2.42. The molecule has 0 spiro atoms. The Morgan fingerprint density at radius 1 is 1.23 bits per heavy atom. The number of ether oxygens (including phenoxy) is 1. The molecule has 0 aliphatic carbocycles. The molecule has 26 heavy (non-hydrogen) atoms. The number of rotatable bonds is 4. The zero-order valence-corrected chi connectivity index (χ0v) is 15.7. The van der Waals surface area contributed by atoms with Gasteiger partial charge in [-0.2, -0.15) is 0 Å². The number of amides is 2. The van der Waals surface area contributed by atoms with Gasteiger partial charge in [0.05, 0.1) is 18.2 Å². The normalized spacial score (nSPS) is 21.3. The summed E-state index contributed by atoms with van der Waals surface area (Å²) in [4.78, 5) is 26.7. The number of anilines is 1. The van der Waals surface area contributed by atoms with Crippen molar-refractivity contribution >= 4 is 17.7 Å². The maximum absolute atomic E-state index is 12.4. The number of benzene rings is 1. The largest absolute Gasteiger partial charge is 0.463 e. The Bertz CT molecular complexity index is 704. The van der Waals surface area contributed by atoms with Crippen LogP contribution in [-0.2, 0) is 9.53 Å². The molecule has 1 aromatic carbocycles. The van der Waals surface area contributed by atoms with Crippen LogP contribution in [-0.4, -0.2) is 31.7 Å². The zero-order chi connectivity index (χ0) is 18.7. The number of nitrogens with one attached hydrogen (secondary N) is 2.